The molecule has 116 valence electrons. The van der Waals surface area contributed by atoms with E-state index in [1.807, 2.05) is 0 Å². The van der Waals surface area contributed by atoms with Crippen LogP contribution in [0.25, 0.3) is 11.3 Å². The maximum atomic E-state index is 12.0. The standard InChI is InChI=1S/C15H16N2O5/c1-21-8-7-17-14(18)12(15(19)20)9-13(16-17)10-3-5-11(22-2)6-4-10/h3-6,9H,7-8H2,1-2H3,(H,19,20). The number of carboxylic acid groups (broad SMARTS) is 1. The Hall–Kier alpha value is -2.67. The van der Waals surface area contributed by atoms with Crippen molar-refractivity contribution < 1.29 is 19.4 Å². The van der Waals surface area contributed by atoms with Crippen LogP contribution in [0.3, 0.4) is 0 Å². The highest BCUT2D eigenvalue weighted by Gasteiger charge is 2.15. The first-order valence-electron chi connectivity index (χ1n) is 6.55. The molecule has 0 amide bonds. The van der Waals surface area contributed by atoms with Gasteiger partial charge in [0.05, 0.1) is 26.0 Å². The largest absolute Gasteiger partial charge is 0.497 e. The fraction of sp³-hybridized carbons (Fsp3) is 0.267. The zero-order valence-electron chi connectivity index (χ0n) is 12.3. The lowest BCUT2D eigenvalue weighted by Crippen LogP contribution is -2.30. The van der Waals surface area contributed by atoms with Crippen LogP contribution < -0.4 is 10.3 Å². The van der Waals surface area contributed by atoms with Crippen molar-refractivity contribution in [2.75, 3.05) is 20.8 Å². The van der Waals surface area contributed by atoms with E-state index in [9.17, 15) is 14.7 Å². The number of hydrogen-bond donors (Lipinski definition) is 1. The molecule has 7 heteroatoms. The van der Waals surface area contributed by atoms with Crippen molar-refractivity contribution in [1.29, 1.82) is 0 Å². The smallest absolute Gasteiger partial charge is 0.341 e. The van der Waals surface area contributed by atoms with Gasteiger partial charge in [0.1, 0.15) is 11.3 Å². The number of carbonyl (C=O) groups is 1. The Kier molecular flexibility index (Phi) is 4.90. The van der Waals surface area contributed by atoms with E-state index in [1.165, 1.54) is 13.2 Å². The van der Waals surface area contributed by atoms with Gasteiger partial charge in [0, 0.05) is 12.7 Å². The van der Waals surface area contributed by atoms with E-state index < -0.39 is 11.5 Å². The van der Waals surface area contributed by atoms with Gasteiger partial charge < -0.3 is 14.6 Å². The Morgan fingerprint density at radius 2 is 1.95 bits per heavy atom. The Morgan fingerprint density at radius 1 is 1.27 bits per heavy atom. The van der Waals surface area contributed by atoms with Crippen molar-refractivity contribution >= 4 is 5.97 Å². The van der Waals surface area contributed by atoms with Crippen molar-refractivity contribution in [1.82, 2.24) is 9.78 Å². The summed E-state index contributed by atoms with van der Waals surface area (Å²) in [4.78, 5) is 23.3. The molecule has 0 aliphatic rings. The molecule has 1 N–H and O–H groups in total. The fourth-order valence-electron chi connectivity index (χ4n) is 1.93. The summed E-state index contributed by atoms with van der Waals surface area (Å²) in [5.41, 5.74) is 0.115. The van der Waals surface area contributed by atoms with E-state index in [-0.39, 0.29) is 18.7 Å². The fourth-order valence-corrected chi connectivity index (χ4v) is 1.93. The maximum absolute atomic E-state index is 12.0. The van der Waals surface area contributed by atoms with E-state index in [2.05, 4.69) is 5.10 Å². The molecule has 0 atom stereocenters. The molecule has 0 radical (unpaired) electrons. The molecular weight excluding hydrogens is 288 g/mol. The average Bonchev–Trinajstić information content (AvgIpc) is 2.53. The van der Waals surface area contributed by atoms with Gasteiger partial charge in [-0.25, -0.2) is 9.48 Å². The molecule has 1 heterocycles. The number of benzene rings is 1. The zero-order chi connectivity index (χ0) is 16.1. The van der Waals surface area contributed by atoms with Crippen LogP contribution >= 0.6 is 0 Å². The molecule has 7 nitrogen and oxygen atoms in total. The van der Waals surface area contributed by atoms with Gasteiger partial charge in [0.15, 0.2) is 0 Å². The van der Waals surface area contributed by atoms with Crippen molar-refractivity contribution in [2.45, 2.75) is 6.54 Å². The second-order valence-electron chi connectivity index (χ2n) is 4.50. The summed E-state index contributed by atoms with van der Waals surface area (Å²) in [6.07, 6.45) is 0. The maximum Gasteiger partial charge on any atom is 0.341 e. The zero-order valence-corrected chi connectivity index (χ0v) is 12.3. The molecule has 0 aliphatic heterocycles. The van der Waals surface area contributed by atoms with Crippen LogP contribution in [-0.2, 0) is 11.3 Å². The predicted molar refractivity (Wildman–Crippen MR) is 79.3 cm³/mol. The minimum atomic E-state index is -1.28. The molecule has 0 unspecified atom stereocenters. The molecule has 0 saturated carbocycles. The van der Waals surface area contributed by atoms with Crippen molar-refractivity contribution in [3.8, 4) is 17.0 Å². The first-order chi connectivity index (χ1) is 10.6. The van der Waals surface area contributed by atoms with E-state index in [0.29, 0.717) is 17.0 Å². The topological polar surface area (TPSA) is 90.7 Å². The van der Waals surface area contributed by atoms with E-state index in [0.717, 1.165) is 4.68 Å². The van der Waals surface area contributed by atoms with Gasteiger partial charge in [-0.15, -0.1) is 0 Å². The summed E-state index contributed by atoms with van der Waals surface area (Å²) in [7, 11) is 3.05. The summed E-state index contributed by atoms with van der Waals surface area (Å²) >= 11 is 0. The predicted octanol–water partition coefficient (Wildman–Crippen LogP) is 1.26. The SMILES string of the molecule is COCCn1nc(-c2ccc(OC)cc2)cc(C(=O)O)c1=O. The number of nitrogens with zero attached hydrogens (tertiary/aromatic N) is 2. The summed E-state index contributed by atoms with van der Waals surface area (Å²) in [5.74, 6) is -0.608. The Balaban J connectivity index is 2.52. The van der Waals surface area contributed by atoms with Gasteiger partial charge >= 0.3 is 5.97 Å². The second kappa shape index (κ2) is 6.86. The molecular formula is C15H16N2O5. The van der Waals surface area contributed by atoms with Crippen molar-refractivity contribution in [3.63, 3.8) is 0 Å². The van der Waals surface area contributed by atoms with Crippen molar-refractivity contribution in [2.24, 2.45) is 0 Å². The highest BCUT2D eigenvalue weighted by atomic mass is 16.5. The van der Waals surface area contributed by atoms with Crippen LogP contribution in [0.15, 0.2) is 35.1 Å². The van der Waals surface area contributed by atoms with Gasteiger partial charge in [-0.3, -0.25) is 4.79 Å². The summed E-state index contributed by atoms with van der Waals surface area (Å²) < 4.78 is 11.1. The number of ether oxygens (including phenoxy) is 2. The average molecular weight is 304 g/mol. The minimum Gasteiger partial charge on any atom is -0.497 e. The second-order valence-corrected chi connectivity index (χ2v) is 4.50. The molecule has 0 aliphatic carbocycles. The quantitative estimate of drug-likeness (QED) is 0.864. The van der Waals surface area contributed by atoms with E-state index >= 15 is 0 Å². The summed E-state index contributed by atoms with van der Waals surface area (Å²) in [6.45, 7) is 0.442. The number of methoxy groups -OCH3 is 2. The lowest BCUT2D eigenvalue weighted by Gasteiger charge is -2.09. The Labute approximate surface area is 126 Å². The van der Waals surface area contributed by atoms with Crippen LogP contribution in [0.5, 0.6) is 5.75 Å². The van der Waals surface area contributed by atoms with Gasteiger partial charge in [-0.05, 0) is 30.3 Å². The van der Waals surface area contributed by atoms with Gasteiger partial charge in [0.25, 0.3) is 5.56 Å². The van der Waals surface area contributed by atoms with E-state index in [4.69, 9.17) is 9.47 Å². The number of hydrogen-bond acceptors (Lipinski definition) is 5. The van der Waals surface area contributed by atoms with Crippen LogP contribution in [0.1, 0.15) is 10.4 Å². The summed E-state index contributed by atoms with van der Waals surface area (Å²) in [6, 6.07) is 8.25. The van der Waals surface area contributed by atoms with Crippen molar-refractivity contribution in [3.05, 3.63) is 46.2 Å². The third kappa shape index (κ3) is 3.32. The molecule has 0 bridgehead atoms. The molecule has 1 aromatic carbocycles. The molecule has 2 rings (SSSR count). The minimum absolute atomic E-state index is 0.180. The van der Waals surface area contributed by atoms with Gasteiger partial charge in [0.2, 0.25) is 0 Å². The first kappa shape index (κ1) is 15.7. The lowest BCUT2D eigenvalue weighted by molar-refractivity contribution is 0.0693. The van der Waals surface area contributed by atoms with Crippen LogP contribution in [-0.4, -0.2) is 41.7 Å². The lowest BCUT2D eigenvalue weighted by atomic mass is 10.1. The third-order valence-electron chi connectivity index (χ3n) is 3.10. The molecule has 0 fully saturated rings. The third-order valence-corrected chi connectivity index (χ3v) is 3.10. The van der Waals surface area contributed by atoms with Crippen LogP contribution in [0, 0.1) is 0 Å². The number of aromatic nitrogens is 2. The highest BCUT2D eigenvalue weighted by Crippen LogP contribution is 2.20. The first-order valence-corrected chi connectivity index (χ1v) is 6.55. The molecule has 0 saturated heterocycles. The number of aromatic carboxylic acids is 1. The number of rotatable bonds is 6. The summed E-state index contributed by atoms with van der Waals surface area (Å²) in [5, 5.41) is 13.4. The Morgan fingerprint density at radius 3 is 2.50 bits per heavy atom. The van der Waals surface area contributed by atoms with Gasteiger partial charge in [-0.2, -0.15) is 5.10 Å². The molecule has 2 aromatic rings. The Bertz CT molecular complexity index is 722. The monoisotopic (exact) mass is 304 g/mol. The van der Waals surface area contributed by atoms with E-state index in [1.54, 1.807) is 31.4 Å². The molecule has 0 spiro atoms. The molecule has 22 heavy (non-hydrogen) atoms. The van der Waals surface area contributed by atoms with Crippen LogP contribution in [0.2, 0.25) is 0 Å². The van der Waals surface area contributed by atoms with Crippen LogP contribution in [0.4, 0.5) is 0 Å². The van der Waals surface area contributed by atoms with Gasteiger partial charge in [-0.1, -0.05) is 0 Å². The number of carboxylic acids is 1. The highest BCUT2D eigenvalue weighted by molar-refractivity contribution is 5.88. The molecule has 1 aromatic heterocycles. The normalized spacial score (nSPS) is 10.5.